The number of hydrogen-bond donors (Lipinski definition) is 6. The summed E-state index contributed by atoms with van der Waals surface area (Å²) in [5.74, 6) is -5.68. The molecule has 0 aliphatic heterocycles. The van der Waals surface area contributed by atoms with Crippen molar-refractivity contribution in [3.8, 4) is 17.2 Å². The van der Waals surface area contributed by atoms with E-state index in [0.717, 1.165) is 54.6 Å². The van der Waals surface area contributed by atoms with Crippen LogP contribution in [0.15, 0.2) is 54.6 Å². The molecule has 227 valence electrons. The van der Waals surface area contributed by atoms with Gasteiger partial charge in [-0.3, -0.25) is 30.3 Å². The van der Waals surface area contributed by atoms with Crippen LogP contribution in [0.5, 0.6) is 17.2 Å². The fraction of sp³-hybridized carbons (Fsp3) is 0. The molecule has 0 fully saturated rings. The summed E-state index contributed by atoms with van der Waals surface area (Å²) < 4.78 is 0. The van der Waals surface area contributed by atoms with Crippen LogP contribution in [0.4, 0.5) is 17.1 Å². The van der Waals surface area contributed by atoms with E-state index in [1.807, 2.05) is 0 Å². The van der Waals surface area contributed by atoms with Gasteiger partial charge in [-0.25, -0.2) is 14.4 Å². The predicted octanol–water partition coefficient (Wildman–Crippen LogP) is 1.35. The number of nitro benzene ring substituents is 3. The Morgan fingerprint density at radius 2 is 0.690 bits per heavy atom. The predicted molar refractivity (Wildman–Crippen MR) is 132 cm³/mol. The number of aromatic carboxylic acids is 3. The van der Waals surface area contributed by atoms with Gasteiger partial charge < -0.3 is 41.6 Å². The van der Waals surface area contributed by atoms with E-state index in [2.05, 4.69) is 0 Å². The first kappa shape index (κ1) is 41.7. The van der Waals surface area contributed by atoms with E-state index in [9.17, 15) is 44.7 Å². The molecular weight excluding hydrogens is 718 g/mol. The first-order valence-corrected chi connectivity index (χ1v) is 9.68. The molecule has 10 N–H and O–H groups in total. The summed E-state index contributed by atoms with van der Waals surface area (Å²) in [6.07, 6.45) is 0. The van der Waals surface area contributed by atoms with Gasteiger partial charge in [0.2, 0.25) is 0 Å². The van der Waals surface area contributed by atoms with Crippen molar-refractivity contribution in [1.82, 2.24) is 0 Å². The van der Waals surface area contributed by atoms with Crippen molar-refractivity contribution in [1.29, 1.82) is 0 Å². The van der Waals surface area contributed by atoms with Gasteiger partial charge in [-0.05, 0) is 18.2 Å². The largest absolute Gasteiger partial charge is 0.502 e. The molecule has 0 spiro atoms. The van der Waals surface area contributed by atoms with E-state index in [0.29, 0.717) is 0 Å². The molecule has 0 aliphatic carbocycles. The maximum absolute atomic E-state index is 10.4. The Kier molecular flexibility index (Phi) is 18.4. The van der Waals surface area contributed by atoms with Crippen molar-refractivity contribution < 1.29 is 120 Å². The molecule has 0 saturated heterocycles. The molecular formula is C21H19EuN3O17. The van der Waals surface area contributed by atoms with Crippen LogP contribution in [-0.2, 0) is 0 Å². The van der Waals surface area contributed by atoms with Gasteiger partial charge in [-0.2, -0.15) is 0 Å². The molecule has 3 aromatic rings. The van der Waals surface area contributed by atoms with Gasteiger partial charge in [-0.1, -0.05) is 0 Å². The monoisotopic (exact) mass is 738 g/mol. The summed E-state index contributed by atoms with van der Waals surface area (Å²) in [6, 6.07) is 8.50. The van der Waals surface area contributed by atoms with Crippen molar-refractivity contribution in [2.75, 3.05) is 0 Å². The molecule has 0 atom stereocenters. The summed E-state index contributed by atoms with van der Waals surface area (Å²) in [4.78, 5) is 59.3. The topological polar surface area (TPSA) is 365 Å². The fourth-order valence-corrected chi connectivity index (χ4v) is 2.43. The molecule has 0 amide bonds. The van der Waals surface area contributed by atoms with Crippen LogP contribution >= 0.6 is 0 Å². The zero-order valence-electron chi connectivity index (χ0n) is 20.3. The van der Waals surface area contributed by atoms with Crippen LogP contribution in [0, 0.1) is 79.7 Å². The van der Waals surface area contributed by atoms with E-state index in [-0.39, 0.29) is 77.0 Å². The zero-order chi connectivity index (χ0) is 30.0. The maximum atomic E-state index is 10.4. The third kappa shape index (κ3) is 12.1. The molecule has 20 nitrogen and oxygen atoms in total. The Labute approximate surface area is 272 Å². The van der Waals surface area contributed by atoms with Crippen LogP contribution in [0.3, 0.4) is 0 Å². The number of carbonyl (C=O) groups is 3. The smallest absolute Gasteiger partial charge is 0.335 e. The zero-order valence-corrected chi connectivity index (χ0v) is 22.7. The number of nitrogens with zero attached hydrogens (tertiary/aromatic N) is 3. The number of hydrogen-bond acceptors (Lipinski definition) is 12. The van der Waals surface area contributed by atoms with Crippen molar-refractivity contribution >= 4 is 35.0 Å². The van der Waals surface area contributed by atoms with Crippen LogP contribution in [0.25, 0.3) is 0 Å². The van der Waals surface area contributed by atoms with E-state index < -0.39 is 67.0 Å². The minimum atomic E-state index is -1.25. The first-order valence-electron chi connectivity index (χ1n) is 9.68. The quantitative estimate of drug-likeness (QED) is 0.154. The molecule has 1 radical (unpaired) electrons. The summed E-state index contributed by atoms with van der Waals surface area (Å²) in [5, 5.41) is 83.0. The molecule has 3 aromatic carbocycles. The van der Waals surface area contributed by atoms with Crippen molar-refractivity contribution in [2.45, 2.75) is 0 Å². The number of phenols is 3. The van der Waals surface area contributed by atoms with Gasteiger partial charge in [0.05, 0.1) is 31.5 Å². The maximum Gasteiger partial charge on any atom is 0.335 e. The van der Waals surface area contributed by atoms with Gasteiger partial charge in [0, 0.05) is 85.8 Å². The van der Waals surface area contributed by atoms with Gasteiger partial charge >= 0.3 is 35.0 Å². The third-order valence-corrected chi connectivity index (χ3v) is 4.26. The molecule has 0 unspecified atom stereocenters. The van der Waals surface area contributed by atoms with Gasteiger partial charge in [-0.15, -0.1) is 0 Å². The standard InChI is InChI=1S/3C7H5NO5.Eu.2H2O/c3*9-6-3-4(7(10)11)1-2-5(6)8(12)13;;;/h3*1-3,9H,(H,10,11);;2*1H2. The van der Waals surface area contributed by atoms with Crippen molar-refractivity contribution in [2.24, 2.45) is 0 Å². The van der Waals surface area contributed by atoms with E-state index in [1.54, 1.807) is 0 Å². The van der Waals surface area contributed by atoms with Crippen molar-refractivity contribution in [3.63, 3.8) is 0 Å². The Morgan fingerprint density at radius 3 is 0.810 bits per heavy atom. The number of rotatable bonds is 6. The Bertz CT molecular complexity index is 1300. The number of carboxylic acid groups (broad SMARTS) is 3. The number of aromatic hydroxyl groups is 3. The molecule has 0 aliphatic rings. The minimum Gasteiger partial charge on any atom is -0.502 e. The van der Waals surface area contributed by atoms with Gasteiger partial charge in [0.15, 0.2) is 17.2 Å². The second-order valence-electron chi connectivity index (χ2n) is 6.80. The summed E-state index contributed by atoms with van der Waals surface area (Å²) >= 11 is 0. The average molecular weight is 737 g/mol. The molecule has 0 bridgehead atoms. The van der Waals surface area contributed by atoms with Gasteiger partial charge in [0.25, 0.3) is 0 Å². The van der Waals surface area contributed by atoms with Gasteiger partial charge in [0.1, 0.15) is 0 Å². The normalized spacial score (nSPS) is 8.86. The van der Waals surface area contributed by atoms with Crippen LogP contribution in [-0.4, -0.2) is 74.3 Å². The second kappa shape index (κ2) is 18.5. The summed E-state index contributed by atoms with van der Waals surface area (Å²) in [6.45, 7) is 0. The summed E-state index contributed by atoms with van der Waals surface area (Å²) in [7, 11) is 0. The Hall–Kier alpha value is -4.83. The van der Waals surface area contributed by atoms with E-state index in [1.165, 1.54) is 0 Å². The molecule has 21 heteroatoms. The third-order valence-electron chi connectivity index (χ3n) is 4.26. The summed E-state index contributed by atoms with van der Waals surface area (Å²) in [5.41, 5.74) is -2.10. The van der Waals surface area contributed by atoms with E-state index >= 15 is 0 Å². The number of nitro groups is 3. The van der Waals surface area contributed by atoms with E-state index in [4.69, 9.17) is 30.6 Å². The number of benzene rings is 3. The molecule has 0 heterocycles. The Balaban J connectivity index is -0.000000524. The SMILES string of the molecule is O.O.O=C(O)c1ccc([N+](=O)[O-])c(O)c1.O=C(O)c1ccc([N+](=O)[O-])c(O)c1.O=C(O)c1ccc([N+](=O)[O-])c(O)c1.[Eu]. The Morgan fingerprint density at radius 1 is 0.500 bits per heavy atom. The molecule has 42 heavy (non-hydrogen) atoms. The first-order chi connectivity index (χ1) is 18.1. The molecule has 0 aromatic heterocycles. The fourth-order valence-electron chi connectivity index (χ4n) is 2.43. The van der Waals surface area contributed by atoms with Crippen LogP contribution in [0.1, 0.15) is 31.1 Å². The van der Waals surface area contributed by atoms with Crippen molar-refractivity contribution in [3.05, 3.63) is 102 Å². The van der Waals surface area contributed by atoms with Crippen LogP contribution in [0.2, 0.25) is 0 Å². The number of carboxylic acids is 3. The number of phenolic OH excluding ortho intramolecular Hbond substituents is 3. The second-order valence-corrected chi connectivity index (χ2v) is 6.80. The average Bonchev–Trinajstić information content (AvgIpc) is 2.83. The van der Waals surface area contributed by atoms with Crippen LogP contribution < -0.4 is 0 Å². The minimum absolute atomic E-state index is 0. The molecule has 3 rings (SSSR count). The molecule has 0 saturated carbocycles.